The van der Waals surface area contributed by atoms with Gasteiger partial charge in [-0.2, -0.15) is 5.26 Å². The summed E-state index contributed by atoms with van der Waals surface area (Å²) in [5.74, 6) is 0.286. The van der Waals surface area contributed by atoms with Crippen molar-refractivity contribution in [2.75, 3.05) is 19.6 Å². The van der Waals surface area contributed by atoms with E-state index in [1.54, 1.807) is 12.1 Å². The molecule has 5 heteroatoms. The third-order valence-electron chi connectivity index (χ3n) is 5.60. The largest absolute Gasteiger partial charge is 0.483 e. The van der Waals surface area contributed by atoms with Gasteiger partial charge in [-0.25, -0.2) is 4.39 Å². The second-order valence-corrected chi connectivity index (χ2v) is 7.12. The van der Waals surface area contributed by atoms with E-state index in [2.05, 4.69) is 17.0 Å². The van der Waals surface area contributed by atoms with Crippen molar-refractivity contribution in [3.05, 3.63) is 65.0 Å². The summed E-state index contributed by atoms with van der Waals surface area (Å²) in [7, 11) is 0. The van der Waals surface area contributed by atoms with Gasteiger partial charge in [0, 0.05) is 6.54 Å². The Balaban J connectivity index is 1.67. The van der Waals surface area contributed by atoms with Crippen LogP contribution >= 0.6 is 0 Å². The van der Waals surface area contributed by atoms with Crippen LogP contribution in [-0.4, -0.2) is 30.6 Å². The Morgan fingerprint density at radius 3 is 2.85 bits per heavy atom. The Hall–Kier alpha value is -2.42. The van der Waals surface area contributed by atoms with Gasteiger partial charge in [0.15, 0.2) is 0 Å². The summed E-state index contributed by atoms with van der Waals surface area (Å²) in [6, 6.07) is 14.9. The first-order valence-electron chi connectivity index (χ1n) is 9.08. The van der Waals surface area contributed by atoms with E-state index in [9.17, 15) is 9.65 Å². The lowest BCUT2D eigenvalue weighted by Crippen LogP contribution is -2.39. The smallest absolute Gasteiger partial charge is 0.144 e. The molecule has 0 spiro atoms. The van der Waals surface area contributed by atoms with Crippen molar-refractivity contribution in [3.63, 3.8) is 0 Å². The van der Waals surface area contributed by atoms with Crippen molar-refractivity contribution >= 4 is 0 Å². The fourth-order valence-corrected chi connectivity index (χ4v) is 4.20. The number of nitrogens with zero attached hydrogens (tertiary/aromatic N) is 2. The van der Waals surface area contributed by atoms with Crippen LogP contribution in [0.4, 0.5) is 4.39 Å². The number of rotatable bonds is 4. The predicted octanol–water partition coefficient (Wildman–Crippen LogP) is 3.02. The summed E-state index contributed by atoms with van der Waals surface area (Å²) in [5, 5.41) is 9.32. The highest BCUT2D eigenvalue weighted by atomic mass is 19.1. The third kappa shape index (κ3) is 2.96. The van der Waals surface area contributed by atoms with E-state index in [1.807, 2.05) is 18.2 Å². The predicted molar refractivity (Wildman–Crippen MR) is 97.2 cm³/mol. The van der Waals surface area contributed by atoms with E-state index in [0.29, 0.717) is 18.2 Å². The van der Waals surface area contributed by atoms with Gasteiger partial charge in [-0.15, -0.1) is 0 Å². The SMILES string of the molecule is N#Cc1c(F)cccc1O[C@@H]1c2ccccc2C[C@H]1N1CCC(CN)C1. The van der Waals surface area contributed by atoms with E-state index in [1.165, 1.54) is 11.6 Å². The summed E-state index contributed by atoms with van der Waals surface area (Å²) in [5.41, 5.74) is 8.21. The number of benzene rings is 2. The quantitative estimate of drug-likeness (QED) is 0.920. The van der Waals surface area contributed by atoms with Crippen LogP contribution in [0, 0.1) is 23.1 Å². The maximum atomic E-state index is 14.0. The number of hydrogen-bond donors (Lipinski definition) is 1. The molecular weight excluding hydrogens is 329 g/mol. The zero-order valence-corrected chi connectivity index (χ0v) is 14.6. The summed E-state index contributed by atoms with van der Waals surface area (Å²) in [6.07, 6.45) is 1.78. The molecule has 1 heterocycles. The minimum Gasteiger partial charge on any atom is -0.483 e. The van der Waals surface area contributed by atoms with Gasteiger partial charge in [-0.05, 0) is 55.1 Å². The van der Waals surface area contributed by atoms with Crippen LogP contribution in [0.1, 0.15) is 29.2 Å². The number of halogens is 1. The molecule has 26 heavy (non-hydrogen) atoms. The van der Waals surface area contributed by atoms with Gasteiger partial charge >= 0.3 is 0 Å². The van der Waals surface area contributed by atoms with Gasteiger partial charge in [0.2, 0.25) is 0 Å². The van der Waals surface area contributed by atoms with Crippen molar-refractivity contribution in [1.29, 1.82) is 5.26 Å². The summed E-state index contributed by atoms with van der Waals surface area (Å²) in [6.45, 7) is 2.65. The Labute approximate surface area is 153 Å². The average molecular weight is 351 g/mol. The maximum Gasteiger partial charge on any atom is 0.144 e. The van der Waals surface area contributed by atoms with Crippen molar-refractivity contribution in [3.8, 4) is 11.8 Å². The molecule has 0 radical (unpaired) electrons. The number of ether oxygens (including phenoxy) is 1. The molecule has 1 saturated heterocycles. The van der Waals surface area contributed by atoms with Crippen LogP contribution < -0.4 is 10.5 Å². The number of hydrogen-bond acceptors (Lipinski definition) is 4. The molecule has 0 bridgehead atoms. The van der Waals surface area contributed by atoms with Gasteiger partial charge in [-0.1, -0.05) is 30.3 Å². The minimum absolute atomic E-state index is 0.0307. The second kappa shape index (κ2) is 7.06. The molecule has 1 unspecified atom stereocenters. The number of likely N-dealkylation sites (tertiary alicyclic amines) is 1. The highest BCUT2D eigenvalue weighted by molar-refractivity contribution is 5.45. The topological polar surface area (TPSA) is 62.3 Å². The first-order chi connectivity index (χ1) is 12.7. The molecule has 0 aromatic heterocycles. The second-order valence-electron chi connectivity index (χ2n) is 7.12. The fourth-order valence-electron chi connectivity index (χ4n) is 4.20. The zero-order valence-electron chi connectivity index (χ0n) is 14.6. The molecule has 1 aliphatic carbocycles. The lowest BCUT2D eigenvalue weighted by Gasteiger charge is -2.30. The molecule has 4 nitrogen and oxygen atoms in total. The minimum atomic E-state index is -0.544. The van der Waals surface area contributed by atoms with Crippen LogP contribution in [0.2, 0.25) is 0 Å². The highest BCUT2D eigenvalue weighted by Crippen LogP contribution is 2.40. The third-order valence-corrected chi connectivity index (χ3v) is 5.60. The van der Waals surface area contributed by atoms with E-state index in [4.69, 9.17) is 10.5 Å². The van der Waals surface area contributed by atoms with Crippen LogP contribution in [0.3, 0.4) is 0 Å². The molecule has 1 aliphatic heterocycles. The summed E-state index contributed by atoms with van der Waals surface area (Å²) >= 11 is 0. The molecule has 0 saturated carbocycles. The first kappa shape index (κ1) is 17.0. The number of fused-ring (bicyclic) bond motifs is 1. The maximum absolute atomic E-state index is 14.0. The molecule has 1 fully saturated rings. The molecule has 2 N–H and O–H groups in total. The molecule has 4 rings (SSSR count). The molecule has 2 aromatic carbocycles. The monoisotopic (exact) mass is 351 g/mol. The van der Waals surface area contributed by atoms with Crippen molar-refractivity contribution in [2.24, 2.45) is 11.7 Å². The number of nitriles is 1. The van der Waals surface area contributed by atoms with Crippen molar-refractivity contribution in [2.45, 2.75) is 25.0 Å². The van der Waals surface area contributed by atoms with Crippen LogP contribution in [0.25, 0.3) is 0 Å². The normalized spacial score (nSPS) is 25.0. The van der Waals surface area contributed by atoms with E-state index >= 15 is 0 Å². The molecule has 134 valence electrons. The fraction of sp³-hybridized carbons (Fsp3) is 0.381. The van der Waals surface area contributed by atoms with E-state index in [-0.39, 0.29) is 17.7 Å². The van der Waals surface area contributed by atoms with Crippen LogP contribution in [0.5, 0.6) is 5.75 Å². The summed E-state index contributed by atoms with van der Waals surface area (Å²) < 4.78 is 20.3. The van der Waals surface area contributed by atoms with Gasteiger partial charge in [-0.3, -0.25) is 4.90 Å². The lowest BCUT2D eigenvalue weighted by molar-refractivity contribution is 0.0912. The molecule has 3 atom stereocenters. The number of nitrogens with two attached hydrogens (primary N) is 1. The first-order valence-corrected chi connectivity index (χ1v) is 9.08. The Bertz CT molecular complexity index is 847. The van der Waals surface area contributed by atoms with Crippen molar-refractivity contribution < 1.29 is 9.13 Å². The Morgan fingerprint density at radius 1 is 1.23 bits per heavy atom. The average Bonchev–Trinajstić information content (AvgIpc) is 3.27. The molecular formula is C21H22FN3O. The van der Waals surface area contributed by atoms with Crippen LogP contribution in [-0.2, 0) is 6.42 Å². The van der Waals surface area contributed by atoms with Gasteiger partial charge in [0.1, 0.15) is 29.3 Å². The van der Waals surface area contributed by atoms with E-state index in [0.717, 1.165) is 31.5 Å². The summed E-state index contributed by atoms with van der Waals surface area (Å²) in [4.78, 5) is 2.44. The lowest BCUT2D eigenvalue weighted by atomic mass is 10.1. The standard InChI is InChI=1S/C21H22FN3O/c22-18-6-3-7-20(17(18)12-24)26-21-16-5-2-1-4-15(16)10-19(21)25-9-8-14(11-23)13-25/h1-7,14,19,21H,8-11,13,23H2/t14?,19-,21-/m1/s1. The molecule has 2 aromatic rings. The molecule has 2 aliphatic rings. The zero-order chi connectivity index (χ0) is 18.1. The molecule has 0 amide bonds. The Morgan fingerprint density at radius 2 is 2.08 bits per heavy atom. The van der Waals surface area contributed by atoms with Crippen LogP contribution in [0.15, 0.2) is 42.5 Å². The van der Waals surface area contributed by atoms with Crippen molar-refractivity contribution in [1.82, 2.24) is 4.90 Å². The Kier molecular flexibility index (Phi) is 4.62. The van der Waals surface area contributed by atoms with Gasteiger partial charge in [0.25, 0.3) is 0 Å². The van der Waals surface area contributed by atoms with Gasteiger partial charge < -0.3 is 10.5 Å². The highest BCUT2D eigenvalue weighted by Gasteiger charge is 2.40. The van der Waals surface area contributed by atoms with Gasteiger partial charge in [0.05, 0.1) is 6.04 Å². The van der Waals surface area contributed by atoms with E-state index < -0.39 is 5.82 Å².